The summed E-state index contributed by atoms with van der Waals surface area (Å²) in [6.45, 7) is 0.867. The number of hydrogen-bond donors (Lipinski definition) is 1. The Balaban J connectivity index is 2.00. The highest BCUT2D eigenvalue weighted by Crippen LogP contribution is 2.29. The van der Waals surface area contributed by atoms with Gasteiger partial charge in [-0.25, -0.2) is 0 Å². The smallest absolute Gasteiger partial charge is 0.308 e. The average Bonchev–Trinajstić information content (AvgIpc) is 2.81. The molecule has 0 aromatic carbocycles. The first-order valence-corrected chi connectivity index (χ1v) is 7.02. The molecule has 1 fully saturated rings. The maximum Gasteiger partial charge on any atom is 0.308 e. The Morgan fingerprint density at radius 3 is 2.94 bits per heavy atom. The Morgan fingerprint density at radius 1 is 1.53 bits per heavy atom. The van der Waals surface area contributed by atoms with E-state index in [1.165, 1.54) is 4.88 Å². The van der Waals surface area contributed by atoms with Gasteiger partial charge in [0.1, 0.15) is 0 Å². The Bertz CT molecular complexity index is 364. The van der Waals surface area contributed by atoms with Crippen molar-refractivity contribution in [1.29, 1.82) is 0 Å². The van der Waals surface area contributed by atoms with E-state index in [0.717, 1.165) is 32.2 Å². The predicted octanol–water partition coefficient (Wildman–Crippen LogP) is 2.82. The van der Waals surface area contributed by atoms with Crippen LogP contribution in [0.1, 0.15) is 30.6 Å². The molecule has 2 unspecified atom stereocenters. The molecule has 0 aliphatic heterocycles. The SMILES string of the molecule is CN(Cc1cccs1)C1CCCCC1C(=O)O. The van der Waals surface area contributed by atoms with Crippen LogP contribution in [0.4, 0.5) is 0 Å². The van der Waals surface area contributed by atoms with Gasteiger partial charge in [0.15, 0.2) is 0 Å². The zero-order valence-electron chi connectivity index (χ0n) is 10.1. The van der Waals surface area contributed by atoms with E-state index in [-0.39, 0.29) is 12.0 Å². The van der Waals surface area contributed by atoms with Crippen LogP contribution >= 0.6 is 11.3 Å². The molecular formula is C13H19NO2S. The van der Waals surface area contributed by atoms with Crippen molar-refractivity contribution >= 4 is 17.3 Å². The van der Waals surface area contributed by atoms with Crippen molar-refractivity contribution < 1.29 is 9.90 Å². The zero-order chi connectivity index (χ0) is 12.3. The molecule has 0 amide bonds. The number of carboxylic acid groups (broad SMARTS) is 1. The summed E-state index contributed by atoms with van der Waals surface area (Å²) in [5.41, 5.74) is 0. The minimum Gasteiger partial charge on any atom is -0.481 e. The second-order valence-corrected chi connectivity index (χ2v) is 5.82. The molecule has 1 aliphatic rings. The summed E-state index contributed by atoms with van der Waals surface area (Å²) in [5, 5.41) is 11.3. The van der Waals surface area contributed by atoms with Gasteiger partial charge in [-0.3, -0.25) is 9.69 Å². The first-order chi connectivity index (χ1) is 8.18. The van der Waals surface area contributed by atoms with E-state index < -0.39 is 5.97 Å². The van der Waals surface area contributed by atoms with Gasteiger partial charge in [-0.05, 0) is 31.3 Å². The van der Waals surface area contributed by atoms with Crippen LogP contribution in [-0.4, -0.2) is 29.1 Å². The zero-order valence-corrected chi connectivity index (χ0v) is 10.9. The number of carbonyl (C=O) groups is 1. The lowest BCUT2D eigenvalue weighted by Crippen LogP contribution is -2.42. The van der Waals surface area contributed by atoms with Gasteiger partial charge in [0.25, 0.3) is 0 Å². The summed E-state index contributed by atoms with van der Waals surface area (Å²) in [4.78, 5) is 14.8. The van der Waals surface area contributed by atoms with E-state index in [1.807, 2.05) is 13.1 Å². The number of hydrogen-bond acceptors (Lipinski definition) is 3. The topological polar surface area (TPSA) is 40.5 Å². The first kappa shape index (κ1) is 12.6. The molecule has 1 heterocycles. The van der Waals surface area contributed by atoms with E-state index >= 15 is 0 Å². The normalized spacial score (nSPS) is 25.1. The summed E-state index contributed by atoms with van der Waals surface area (Å²) in [6.07, 6.45) is 4.05. The lowest BCUT2D eigenvalue weighted by molar-refractivity contribution is -0.145. The van der Waals surface area contributed by atoms with E-state index in [2.05, 4.69) is 16.3 Å². The third kappa shape index (κ3) is 3.07. The molecule has 1 aromatic heterocycles. The molecule has 2 atom stereocenters. The number of rotatable bonds is 4. The molecule has 1 N–H and O–H groups in total. The number of thiophene rings is 1. The molecule has 1 aromatic rings. The largest absolute Gasteiger partial charge is 0.481 e. The molecule has 2 rings (SSSR count). The molecule has 0 radical (unpaired) electrons. The second kappa shape index (κ2) is 5.65. The van der Waals surface area contributed by atoms with Crippen molar-refractivity contribution in [2.45, 2.75) is 38.3 Å². The summed E-state index contributed by atoms with van der Waals surface area (Å²) >= 11 is 1.74. The highest BCUT2D eigenvalue weighted by atomic mass is 32.1. The Kier molecular flexibility index (Phi) is 4.18. The molecule has 0 saturated heterocycles. The fraction of sp³-hybridized carbons (Fsp3) is 0.615. The minimum absolute atomic E-state index is 0.186. The van der Waals surface area contributed by atoms with Crippen molar-refractivity contribution in [2.24, 2.45) is 5.92 Å². The van der Waals surface area contributed by atoms with Crippen molar-refractivity contribution in [1.82, 2.24) is 4.90 Å². The van der Waals surface area contributed by atoms with Gasteiger partial charge in [-0.2, -0.15) is 0 Å². The van der Waals surface area contributed by atoms with Gasteiger partial charge in [-0.15, -0.1) is 11.3 Å². The van der Waals surface area contributed by atoms with Crippen LogP contribution in [0.3, 0.4) is 0 Å². The number of nitrogens with zero attached hydrogens (tertiary/aromatic N) is 1. The maximum absolute atomic E-state index is 11.2. The third-order valence-electron chi connectivity index (χ3n) is 3.60. The standard InChI is InChI=1S/C13H19NO2S/c1-14(9-10-5-4-8-17-10)12-7-3-2-6-11(12)13(15)16/h4-5,8,11-12H,2-3,6-7,9H2,1H3,(H,15,16). The maximum atomic E-state index is 11.2. The molecular weight excluding hydrogens is 234 g/mol. The Morgan fingerprint density at radius 2 is 2.29 bits per heavy atom. The van der Waals surface area contributed by atoms with Gasteiger partial charge in [0, 0.05) is 17.5 Å². The molecule has 1 aliphatic carbocycles. The van der Waals surface area contributed by atoms with E-state index in [9.17, 15) is 9.90 Å². The highest BCUT2D eigenvalue weighted by Gasteiger charge is 2.33. The summed E-state index contributed by atoms with van der Waals surface area (Å²) in [6, 6.07) is 4.35. The molecule has 94 valence electrons. The van der Waals surface area contributed by atoms with Crippen LogP contribution in [0, 0.1) is 5.92 Å². The minimum atomic E-state index is -0.632. The Hall–Kier alpha value is -0.870. The molecule has 3 nitrogen and oxygen atoms in total. The monoisotopic (exact) mass is 253 g/mol. The fourth-order valence-corrected chi connectivity index (χ4v) is 3.46. The van der Waals surface area contributed by atoms with Gasteiger partial charge in [-0.1, -0.05) is 18.9 Å². The molecule has 1 saturated carbocycles. The third-order valence-corrected chi connectivity index (χ3v) is 4.46. The summed E-state index contributed by atoms with van der Waals surface area (Å²) < 4.78 is 0. The van der Waals surface area contributed by atoms with Crippen molar-refractivity contribution in [3.63, 3.8) is 0 Å². The van der Waals surface area contributed by atoms with Crippen molar-refractivity contribution in [3.8, 4) is 0 Å². The Labute approximate surface area is 106 Å². The van der Waals surface area contributed by atoms with E-state index in [0.29, 0.717) is 0 Å². The van der Waals surface area contributed by atoms with Crippen LogP contribution in [0.15, 0.2) is 17.5 Å². The average molecular weight is 253 g/mol. The van der Waals surface area contributed by atoms with Crippen LogP contribution < -0.4 is 0 Å². The van der Waals surface area contributed by atoms with Gasteiger partial charge >= 0.3 is 5.97 Å². The van der Waals surface area contributed by atoms with Crippen molar-refractivity contribution in [3.05, 3.63) is 22.4 Å². The van der Waals surface area contributed by atoms with Crippen LogP contribution in [0.25, 0.3) is 0 Å². The molecule has 0 spiro atoms. The number of aliphatic carboxylic acids is 1. The molecule has 17 heavy (non-hydrogen) atoms. The van der Waals surface area contributed by atoms with E-state index in [4.69, 9.17) is 0 Å². The second-order valence-electron chi connectivity index (χ2n) is 4.79. The first-order valence-electron chi connectivity index (χ1n) is 6.14. The summed E-state index contributed by atoms with van der Waals surface area (Å²) in [7, 11) is 2.05. The quantitative estimate of drug-likeness (QED) is 0.897. The van der Waals surface area contributed by atoms with Gasteiger partial charge < -0.3 is 5.11 Å². The summed E-state index contributed by atoms with van der Waals surface area (Å²) in [5.74, 6) is -0.818. The predicted molar refractivity (Wildman–Crippen MR) is 69.2 cm³/mol. The molecule has 4 heteroatoms. The van der Waals surface area contributed by atoms with Crippen LogP contribution in [-0.2, 0) is 11.3 Å². The van der Waals surface area contributed by atoms with Gasteiger partial charge in [0.2, 0.25) is 0 Å². The fourth-order valence-electron chi connectivity index (χ4n) is 2.69. The van der Waals surface area contributed by atoms with Crippen molar-refractivity contribution in [2.75, 3.05) is 7.05 Å². The molecule has 0 bridgehead atoms. The lowest BCUT2D eigenvalue weighted by atomic mass is 9.83. The van der Waals surface area contributed by atoms with E-state index in [1.54, 1.807) is 11.3 Å². The van der Waals surface area contributed by atoms with Crippen LogP contribution in [0.2, 0.25) is 0 Å². The lowest BCUT2D eigenvalue weighted by Gasteiger charge is -2.35. The highest BCUT2D eigenvalue weighted by molar-refractivity contribution is 7.09. The number of carboxylic acids is 1. The van der Waals surface area contributed by atoms with Gasteiger partial charge in [0.05, 0.1) is 5.92 Å². The van der Waals surface area contributed by atoms with Crippen LogP contribution in [0.5, 0.6) is 0 Å².